The molecule has 3 N–H and O–H groups in total. The molecular weight excluding hydrogens is 225 g/mol. The van der Waals surface area contributed by atoms with Crippen molar-refractivity contribution in [1.82, 2.24) is 5.32 Å². The molecule has 0 aliphatic carbocycles. The highest BCUT2D eigenvalue weighted by Crippen LogP contribution is 2.11. The van der Waals surface area contributed by atoms with Crippen molar-refractivity contribution >= 4 is 5.91 Å². The summed E-state index contributed by atoms with van der Waals surface area (Å²) in [6.07, 6.45) is 0. The quantitative estimate of drug-likeness (QED) is 0.723. The number of aliphatic hydroxyl groups is 2. The van der Waals surface area contributed by atoms with E-state index in [1.54, 1.807) is 13.0 Å². The lowest BCUT2D eigenvalue weighted by Gasteiger charge is -2.26. The largest absolute Gasteiger partial charge is 0.394 e. The predicted octanol–water partition coefficient (Wildman–Crippen LogP) is 0.607. The van der Waals surface area contributed by atoms with Crippen LogP contribution in [0.5, 0.6) is 0 Å². The molecule has 4 nitrogen and oxygen atoms in total. The molecule has 0 saturated carbocycles. The number of hydrogen-bond acceptors (Lipinski definition) is 3. The van der Waals surface area contributed by atoms with Gasteiger partial charge in [-0.2, -0.15) is 0 Å². The number of amides is 1. The molecule has 1 amide bonds. The number of aliphatic hydroxyl groups excluding tert-OH is 2. The lowest BCUT2D eigenvalue weighted by atomic mass is 10.0. The second-order valence-corrected chi connectivity index (χ2v) is 4.31. The van der Waals surface area contributed by atoms with Gasteiger partial charge < -0.3 is 15.5 Å². The lowest BCUT2D eigenvalue weighted by molar-refractivity contribution is 0.0720. The Morgan fingerprint density at radius 2 is 2.00 bits per heavy atom. The van der Waals surface area contributed by atoms with Crippen molar-refractivity contribution in [2.45, 2.75) is 19.4 Å². The molecule has 1 rings (SSSR count). The van der Waals surface area contributed by atoms with Gasteiger partial charge in [0.25, 0.3) is 5.91 Å². The Bertz CT molecular complexity index is 416. The molecule has 1 aromatic rings. The van der Waals surface area contributed by atoms with E-state index in [2.05, 4.69) is 5.32 Å². The maximum absolute atomic E-state index is 13.4. The summed E-state index contributed by atoms with van der Waals surface area (Å²) in [5.41, 5.74) is -0.503. The molecule has 0 bridgehead atoms. The number of benzene rings is 1. The van der Waals surface area contributed by atoms with Crippen molar-refractivity contribution in [3.8, 4) is 0 Å². The van der Waals surface area contributed by atoms with E-state index in [-0.39, 0.29) is 5.56 Å². The summed E-state index contributed by atoms with van der Waals surface area (Å²) >= 11 is 0. The van der Waals surface area contributed by atoms with E-state index < -0.39 is 30.5 Å². The fourth-order valence-electron chi connectivity index (χ4n) is 1.28. The topological polar surface area (TPSA) is 69.6 Å². The van der Waals surface area contributed by atoms with Crippen LogP contribution in [0.15, 0.2) is 18.2 Å². The highest BCUT2D eigenvalue weighted by Gasteiger charge is 2.26. The smallest absolute Gasteiger partial charge is 0.254 e. The first kappa shape index (κ1) is 13.6. The molecule has 17 heavy (non-hydrogen) atoms. The van der Waals surface area contributed by atoms with E-state index in [9.17, 15) is 9.18 Å². The molecular formula is C12H16FNO3. The molecule has 0 aliphatic rings. The van der Waals surface area contributed by atoms with Gasteiger partial charge in [0.1, 0.15) is 5.82 Å². The van der Waals surface area contributed by atoms with Crippen molar-refractivity contribution in [2.24, 2.45) is 0 Å². The van der Waals surface area contributed by atoms with Crippen LogP contribution in [0.1, 0.15) is 22.8 Å². The fraction of sp³-hybridized carbons (Fsp3) is 0.417. The second-order valence-electron chi connectivity index (χ2n) is 4.31. The Morgan fingerprint density at radius 3 is 2.53 bits per heavy atom. The number of carbonyl (C=O) groups excluding carboxylic acids is 1. The van der Waals surface area contributed by atoms with Gasteiger partial charge in [-0.3, -0.25) is 4.79 Å². The molecule has 5 heteroatoms. The maximum Gasteiger partial charge on any atom is 0.254 e. The van der Waals surface area contributed by atoms with Gasteiger partial charge in [-0.1, -0.05) is 11.6 Å². The molecule has 0 aromatic heterocycles. The molecule has 0 heterocycles. The summed E-state index contributed by atoms with van der Waals surface area (Å²) in [7, 11) is 0. The summed E-state index contributed by atoms with van der Waals surface area (Å²) in [4.78, 5) is 11.8. The fourth-order valence-corrected chi connectivity index (χ4v) is 1.28. The molecule has 1 aromatic carbocycles. The Morgan fingerprint density at radius 1 is 1.41 bits per heavy atom. The Kier molecular flexibility index (Phi) is 4.20. The van der Waals surface area contributed by atoms with Crippen molar-refractivity contribution < 1.29 is 19.4 Å². The van der Waals surface area contributed by atoms with Gasteiger partial charge in [0.2, 0.25) is 0 Å². The van der Waals surface area contributed by atoms with Gasteiger partial charge in [0.05, 0.1) is 24.3 Å². The molecule has 94 valence electrons. The van der Waals surface area contributed by atoms with Crippen molar-refractivity contribution in [3.63, 3.8) is 0 Å². The third-order valence-electron chi connectivity index (χ3n) is 2.48. The zero-order valence-corrected chi connectivity index (χ0v) is 9.83. The zero-order chi connectivity index (χ0) is 13.1. The summed E-state index contributed by atoms with van der Waals surface area (Å²) in [5, 5.41) is 20.5. The number of rotatable bonds is 4. The zero-order valence-electron chi connectivity index (χ0n) is 9.83. The first-order valence-corrected chi connectivity index (χ1v) is 5.22. The number of nitrogens with one attached hydrogen (secondary N) is 1. The number of aryl methyl sites for hydroxylation is 1. The summed E-state index contributed by atoms with van der Waals surface area (Å²) in [5.74, 6) is -1.29. The molecule has 0 atom stereocenters. The average molecular weight is 241 g/mol. The van der Waals surface area contributed by atoms with E-state index in [0.29, 0.717) is 0 Å². The van der Waals surface area contributed by atoms with E-state index in [4.69, 9.17) is 10.2 Å². The molecule has 0 unspecified atom stereocenters. The average Bonchev–Trinajstić information content (AvgIpc) is 2.32. The Balaban J connectivity index is 2.94. The van der Waals surface area contributed by atoms with Crippen molar-refractivity contribution in [1.29, 1.82) is 0 Å². The third kappa shape index (κ3) is 3.25. The van der Waals surface area contributed by atoms with Gasteiger partial charge in [0.15, 0.2) is 0 Å². The standard InChI is InChI=1S/C12H16FNO3/c1-8-3-4-10(13)9(5-8)11(17)14-12(2,6-15)7-16/h3-5,15-16H,6-7H2,1-2H3,(H,14,17). The molecule has 0 fully saturated rings. The second kappa shape index (κ2) is 5.25. The van der Waals surface area contributed by atoms with Crippen LogP contribution in [0.25, 0.3) is 0 Å². The van der Waals surface area contributed by atoms with Crippen LogP contribution in [0.3, 0.4) is 0 Å². The first-order valence-electron chi connectivity index (χ1n) is 5.22. The monoisotopic (exact) mass is 241 g/mol. The lowest BCUT2D eigenvalue weighted by Crippen LogP contribution is -2.51. The Labute approximate surface area is 99.1 Å². The van der Waals surface area contributed by atoms with E-state index in [1.807, 2.05) is 0 Å². The van der Waals surface area contributed by atoms with Crippen LogP contribution in [0.2, 0.25) is 0 Å². The van der Waals surface area contributed by atoms with E-state index in [1.165, 1.54) is 19.1 Å². The van der Waals surface area contributed by atoms with Crippen LogP contribution >= 0.6 is 0 Å². The van der Waals surface area contributed by atoms with Crippen molar-refractivity contribution in [2.75, 3.05) is 13.2 Å². The van der Waals surface area contributed by atoms with Gasteiger partial charge >= 0.3 is 0 Å². The first-order chi connectivity index (χ1) is 7.91. The van der Waals surface area contributed by atoms with Crippen LogP contribution in [0, 0.1) is 12.7 Å². The van der Waals surface area contributed by atoms with Gasteiger partial charge in [0, 0.05) is 0 Å². The van der Waals surface area contributed by atoms with Crippen LogP contribution in [-0.4, -0.2) is 34.9 Å². The van der Waals surface area contributed by atoms with E-state index >= 15 is 0 Å². The SMILES string of the molecule is Cc1ccc(F)c(C(=O)NC(C)(CO)CO)c1. The minimum Gasteiger partial charge on any atom is -0.394 e. The third-order valence-corrected chi connectivity index (χ3v) is 2.48. The van der Waals surface area contributed by atoms with Gasteiger partial charge in [-0.15, -0.1) is 0 Å². The van der Waals surface area contributed by atoms with Gasteiger partial charge in [-0.05, 0) is 26.0 Å². The summed E-state index contributed by atoms with van der Waals surface area (Å²) in [6, 6.07) is 4.18. The number of halogens is 1. The highest BCUT2D eigenvalue weighted by molar-refractivity contribution is 5.95. The maximum atomic E-state index is 13.4. The summed E-state index contributed by atoms with van der Waals surface area (Å²) in [6.45, 7) is 2.36. The molecule has 0 aliphatic heterocycles. The summed E-state index contributed by atoms with van der Waals surface area (Å²) < 4.78 is 13.4. The van der Waals surface area contributed by atoms with Crippen LogP contribution < -0.4 is 5.32 Å². The van der Waals surface area contributed by atoms with E-state index in [0.717, 1.165) is 5.56 Å². The predicted molar refractivity (Wildman–Crippen MR) is 61.2 cm³/mol. The van der Waals surface area contributed by atoms with Crippen molar-refractivity contribution in [3.05, 3.63) is 35.1 Å². The van der Waals surface area contributed by atoms with Crippen LogP contribution in [0.4, 0.5) is 4.39 Å². The van der Waals surface area contributed by atoms with Crippen LogP contribution in [-0.2, 0) is 0 Å². The Hall–Kier alpha value is -1.46. The normalized spacial score (nSPS) is 11.4. The molecule has 0 radical (unpaired) electrons. The molecule has 0 saturated heterocycles. The highest BCUT2D eigenvalue weighted by atomic mass is 19.1. The van der Waals surface area contributed by atoms with Gasteiger partial charge in [-0.25, -0.2) is 4.39 Å². The minimum atomic E-state index is -1.16. The molecule has 0 spiro atoms. The number of hydrogen-bond donors (Lipinski definition) is 3. The number of carbonyl (C=O) groups is 1. The minimum absolute atomic E-state index is 0.0990.